The van der Waals surface area contributed by atoms with Crippen LogP contribution < -0.4 is 0 Å². The van der Waals surface area contributed by atoms with Gasteiger partial charge in [-0.3, -0.25) is 0 Å². The van der Waals surface area contributed by atoms with Gasteiger partial charge in [-0.25, -0.2) is 0 Å². The number of halogens is 1. The molecule has 0 amide bonds. The number of hydrogen-bond donors (Lipinski definition) is 0. The molecule has 18 heavy (non-hydrogen) atoms. The molecule has 1 heterocycles. The second kappa shape index (κ2) is 5.73. The summed E-state index contributed by atoms with van der Waals surface area (Å²) in [7, 11) is 0. The van der Waals surface area contributed by atoms with E-state index < -0.39 is 0 Å². The second-order valence-corrected chi connectivity index (χ2v) is 6.48. The van der Waals surface area contributed by atoms with Gasteiger partial charge in [0.25, 0.3) is 0 Å². The minimum atomic E-state index is 0.0798. The van der Waals surface area contributed by atoms with Crippen molar-refractivity contribution in [2.24, 2.45) is 0 Å². The Labute approximate surface area is 116 Å². The molecule has 0 aromatic rings. The summed E-state index contributed by atoms with van der Waals surface area (Å²) in [5.74, 6) is 0. The van der Waals surface area contributed by atoms with E-state index >= 15 is 0 Å². The fourth-order valence-corrected chi connectivity index (χ4v) is 4.25. The minimum absolute atomic E-state index is 0.0798. The van der Waals surface area contributed by atoms with Crippen molar-refractivity contribution >= 4 is 11.6 Å². The van der Waals surface area contributed by atoms with Gasteiger partial charge in [0.1, 0.15) is 0 Å². The van der Waals surface area contributed by atoms with Crippen LogP contribution in [-0.2, 0) is 0 Å². The van der Waals surface area contributed by atoms with Crippen LogP contribution in [0.2, 0.25) is 0 Å². The first-order valence-corrected chi connectivity index (χ1v) is 8.17. The molecule has 2 aliphatic carbocycles. The summed E-state index contributed by atoms with van der Waals surface area (Å²) in [6.45, 7) is 0. The molecule has 0 aromatic heterocycles. The van der Waals surface area contributed by atoms with Crippen molar-refractivity contribution in [1.29, 1.82) is 0 Å². The number of rotatable bonds is 2. The standard InChI is InChI=1S/C15H25ClN2/c16-15-17(13-7-3-1-4-8-13)11-12-18(15)14-9-5-2-6-10-14/h11-15H,1-10H2. The molecule has 2 nitrogen and oxygen atoms in total. The predicted molar refractivity (Wildman–Crippen MR) is 76.2 cm³/mol. The van der Waals surface area contributed by atoms with E-state index in [1.807, 2.05) is 0 Å². The molecule has 0 saturated heterocycles. The van der Waals surface area contributed by atoms with Crippen molar-refractivity contribution in [2.45, 2.75) is 81.9 Å². The number of nitrogens with zero attached hydrogens (tertiary/aromatic N) is 2. The Hall–Kier alpha value is -0.370. The summed E-state index contributed by atoms with van der Waals surface area (Å²) in [4.78, 5) is 4.82. The van der Waals surface area contributed by atoms with Crippen LogP contribution in [0.15, 0.2) is 12.4 Å². The summed E-state index contributed by atoms with van der Waals surface area (Å²) in [5.41, 5.74) is 0.0798. The maximum atomic E-state index is 6.70. The third-order valence-electron chi connectivity index (χ3n) is 4.90. The van der Waals surface area contributed by atoms with E-state index in [4.69, 9.17) is 11.6 Å². The van der Waals surface area contributed by atoms with Crippen LogP contribution in [0, 0.1) is 0 Å². The molecule has 0 spiro atoms. The van der Waals surface area contributed by atoms with E-state index in [9.17, 15) is 0 Å². The zero-order chi connectivity index (χ0) is 12.4. The molecule has 0 aromatic carbocycles. The Morgan fingerprint density at radius 1 is 0.667 bits per heavy atom. The highest BCUT2D eigenvalue weighted by molar-refractivity contribution is 6.20. The average Bonchev–Trinajstić information content (AvgIpc) is 2.83. The summed E-state index contributed by atoms with van der Waals surface area (Å²) in [5, 5.41) is 0. The largest absolute Gasteiger partial charge is 0.341 e. The molecule has 0 radical (unpaired) electrons. The predicted octanol–water partition coefficient (Wildman–Crippen LogP) is 4.26. The number of alkyl halides is 1. The lowest BCUT2D eigenvalue weighted by Crippen LogP contribution is -2.45. The molecule has 2 fully saturated rings. The van der Waals surface area contributed by atoms with Crippen LogP contribution in [0.3, 0.4) is 0 Å². The van der Waals surface area contributed by atoms with E-state index in [1.54, 1.807) is 0 Å². The van der Waals surface area contributed by atoms with Crippen molar-refractivity contribution in [3.8, 4) is 0 Å². The van der Waals surface area contributed by atoms with Gasteiger partial charge in [0, 0.05) is 24.5 Å². The molecular weight excluding hydrogens is 244 g/mol. The molecule has 0 unspecified atom stereocenters. The first-order valence-electron chi connectivity index (χ1n) is 7.73. The van der Waals surface area contributed by atoms with Crippen molar-refractivity contribution in [3.63, 3.8) is 0 Å². The van der Waals surface area contributed by atoms with Gasteiger partial charge < -0.3 is 9.80 Å². The van der Waals surface area contributed by atoms with Crippen LogP contribution in [0.1, 0.15) is 64.2 Å². The smallest absolute Gasteiger partial charge is 0.179 e. The van der Waals surface area contributed by atoms with Gasteiger partial charge >= 0.3 is 0 Å². The first-order chi connectivity index (χ1) is 8.86. The topological polar surface area (TPSA) is 6.48 Å². The van der Waals surface area contributed by atoms with Gasteiger partial charge in [-0.05, 0) is 25.7 Å². The third kappa shape index (κ3) is 2.49. The fraction of sp³-hybridized carbons (Fsp3) is 0.867. The van der Waals surface area contributed by atoms with Gasteiger partial charge in [-0.15, -0.1) is 0 Å². The SMILES string of the molecule is ClC1N(C2CCCCC2)C=CN1C1CCCCC1. The molecule has 102 valence electrons. The van der Waals surface area contributed by atoms with Crippen LogP contribution in [-0.4, -0.2) is 27.5 Å². The van der Waals surface area contributed by atoms with E-state index in [1.165, 1.54) is 64.2 Å². The van der Waals surface area contributed by atoms with Crippen LogP contribution in [0.5, 0.6) is 0 Å². The molecule has 0 atom stereocenters. The lowest BCUT2D eigenvalue weighted by molar-refractivity contribution is 0.108. The molecule has 3 aliphatic rings. The van der Waals surface area contributed by atoms with Crippen molar-refractivity contribution < 1.29 is 0 Å². The highest BCUT2D eigenvalue weighted by atomic mass is 35.5. The van der Waals surface area contributed by atoms with Crippen LogP contribution >= 0.6 is 11.6 Å². The van der Waals surface area contributed by atoms with Gasteiger partial charge in [0.2, 0.25) is 0 Å². The first kappa shape index (κ1) is 12.7. The van der Waals surface area contributed by atoms with Crippen molar-refractivity contribution in [2.75, 3.05) is 0 Å². The fourth-order valence-electron chi connectivity index (χ4n) is 3.80. The van der Waals surface area contributed by atoms with Gasteiger partial charge in [-0.2, -0.15) is 0 Å². The van der Waals surface area contributed by atoms with E-state index in [-0.39, 0.29) is 5.62 Å². The average molecular weight is 269 g/mol. The Bertz CT molecular complexity index is 265. The van der Waals surface area contributed by atoms with Crippen molar-refractivity contribution in [1.82, 2.24) is 9.80 Å². The maximum absolute atomic E-state index is 6.70. The normalized spacial score (nSPS) is 28.3. The van der Waals surface area contributed by atoms with Crippen LogP contribution in [0.4, 0.5) is 0 Å². The molecular formula is C15H25ClN2. The molecule has 3 rings (SSSR count). The zero-order valence-electron chi connectivity index (χ0n) is 11.2. The van der Waals surface area contributed by atoms with Gasteiger partial charge in [0.15, 0.2) is 5.62 Å². The Morgan fingerprint density at radius 2 is 1.06 bits per heavy atom. The third-order valence-corrected chi connectivity index (χ3v) is 5.35. The Balaban J connectivity index is 1.61. The second-order valence-electron chi connectivity index (χ2n) is 6.09. The summed E-state index contributed by atoms with van der Waals surface area (Å²) >= 11 is 6.70. The van der Waals surface area contributed by atoms with E-state index in [2.05, 4.69) is 22.2 Å². The molecule has 3 heteroatoms. The summed E-state index contributed by atoms with van der Waals surface area (Å²) in [6.07, 6.45) is 18.1. The Kier molecular flexibility index (Phi) is 4.03. The highest BCUT2D eigenvalue weighted by Gasteiger charge is 2.34. The molecule has 2 saturated carbocycles. The monoisotopic (exact) mass is 268 g/mol. The molecule has 0 bridgehead atoms. The lowest BCUT2D eigenvalue weighted by atomic mass is 9.94. The lowest BCUT2D eigenvalue weighted by Gasteiger charge is -2.39. The molecule has 0 N–H and O–H groups in total. The van der Waals surface area contributed by atoms with E-state index in [0.29, 0.717) is 12.1 Å². The zero-order valence-corrected chi connectivity index (χ0v) is 12.0. The van der Waals surface area contributed by atoms with Gasteiger partial charge in [0.05, 0.1) is 0 Å². The quantitative estimate of drug-likeness (QED) is 0.545. The minimum Gasteiger partial charge on any atom is -0.341 e. The molecule has 1 aliphatic heterocycles. The van der Waals surface area contributed by atoms with Crippen molar-refractivity contribution in [3.05, 3.63) is 12.4 Å². The Morgan fingerprint density at radius 3 is 1.44 bits per heavy atom. The van der Waals surface area contributed by atoms with E-state index in [0.717, 1.165) is 0 Å². The van der Waals surface area contributed by atoms with Gasteiger partial charge in [-0.1, -0.05) is 50.1 Å². The summed E-state index contributed by atoms with van der Waals surface area (Å²) < 4.78 is 0. The maximum Gasteiger partial charge on any atom is 0.179 e. The summed E-state index contributed by atoms with van der Waals surface area (Å²) in [6, 6.07) is 1.37. The highest BCUT2D eigenvalue weighted by Crippen LogP contribution is 2.34. The van der Waals surface area contributed by atoms with Crippen LogP contribution in [0.25, 0.3) is 0 Å². The number of hydrogen-bond acceptors (Lipinski definition) is 2.